The number of hydrogen-bond acceptors (Lipinski definition) is 2. The molecule has 0 spiro atoms. The molecule has 2 aromatic heterocycles. The third kappa shape index (κ3) is 1.45. The van der Waals surface area contributed by atoms with Crippen LogP contribution in [0.15, 0.2) is 36.5 Å². The first-order valence-corrected chi connectivity index (χ1v) is 5.45. The Balaban J connectivity index is 2.26. The van der Waals surface area contributed by atoms with Gasteiger partial charge in [0.15, 0.2) is 0 Å². The van der Waals surface area contributed by atoms with E-state index in [1.807, 2.05) is 30.5 Å². The predicted octanol–water partition coefficient (Wildman–Crippen LogP) is 2.44. The molecular weight excluding hydrogens is 230 g/mol. The topological polar surface area (TPSA) is 94.9 Å². The zero-order valence-electron chi connectivity index (χ0n) is 9.40. The number of nitrogen functional groups attached to an aromatic ring is 1. The van der Waals surface area contributed by atoms with Gasteiger partial charge < -0.3 is 20.8 Å². The summed E-state index contributed by atoms with van der Waals surface area (Å²) < 4.78 is 0. The normalized spacial score (nSPS) is 10.9. The van der Waals surface area contributed by atoms with E-state index in [9.17, 15) is 4.79 Å². The quantitative estimate of drug-likeness (QED) is 0.555. The molecule has 0 amide bonds. The van der Waals surface area contributed by atoms with Crippen molar-refractivity contribution in [1.82, 2.24) is 9.97 Å². The molecule has 0 aliphatic rings. The second-order valence-corrected chi connectivity index (χ2v) is 4.06. The Morgan fingerprint density at radius 2 is 2.11 bits per heavy atom. The lowest BCUT2D eigenvalue weighted by molar-refractivity contribution is 0.0691. The smallest absolute Gasteiger partial charge is 0.352 e. The standard InChI is InChI=1S/C13H11N3O2/c14-9-6-11(13(17)18)16-12(9)8-2-1-3-10-7(8)4-5-15-10/h1-6,15-16H,14H2,(H,17,18). The van der Waals surface area contributed by atoms with Gasteiger partial charge in [-0.2, -0.15) is 0 Å². The Hall–Kier alpha value is -2.69. The van der Waals surface area contributed by atoms with Gasteiger partial charge in [-0.15, -0.1) is 0 Å². The second-order valence-electron chi connectivity index (χ2n) is 4.06. The van der Waals surface area contributed by atoms with Crippen LogP contribution in [0.5, 0.6) is 0 Å². The highest BCUT2D eigenvalue weighted by Gasteiger charge is 2.14. The number of H-pyrrole nitrogens is 2. The van der Waals surface area contributed by atoms with E-state index < -0.39 is 5.97 Å². The molecule has 0 atom stereocenters. The number of nitrogens with two attached hydrogens (primary N) is 1. The van der Waals surface area contributed by atoms with Crippen LogP contribution in [0.25, 0.3) is 22.2 Å². The molecule has 3 aromatic rings. The molecule has 0 aliphatic carbocycles. The van der Waals surface area contributed by atoms with Crippen molar-refractivity contribution >= 4 is 22.6 Å². The number of rotatable bonds is 2. The number of carbonyl (C=O) groups is 1. The van der Waals surface area contributed by atoms with Crippen LogP contribution >= 0.6 is 0 Å². The fourth-order valence-corrected chi connectivity index (χ4v) is 2.11. The van der Waals surface area contributed by atoms with Crippen LogP contribution in [-0.2, 0) is 0 Å². The number of carboxylic acids is 1. The first kappa shape index (κ1) is 10.5. The van der Waals surface area contributed by atoms with Gasteiger partial charge in [0, 0.05) is 22.7 Å². The molecule has 5 heteroatoms. The van der Waals surface area contributed by atoms with Crippen molar-refractivity contribution in [3.8, 4) is 11.3 Å². The molecule has 1 aromatic carbocycles. The minimum absolute atomic E-state index is 0.0926. The van der Waals surface area contributed by atoms with E-state index in [4.69, 9.17) is 10.8 Å². The molecular formula is C13H11N3O2. The highest BCUT2D eigenvalue weighted by molar-refractivity contribution is 5.99. The summed E-state index contributed by atoms with van der Waals surface area (Å²) in [5, 5.41) is 9.95. The summed E-state index contributed by atoms with van der Waals surface area (Å²) in [5.41, 5.74) is 8.90. The molecule has 2 heterocycles. The molecule has 0 radical (unpaired) electrons. The molecule has 5 N–H and O–H groups in total. The Morgan fingerprint density at radius 1 is 1.28 bits per heavy atom. The maximum atomic E-state index is 10.9. The highest BCUT2D eigenvalue weighted by atomic mass is 16.4. The van der Waals surface area contributed by atoms with E-state index in [2.05, 4.69) is 9.97 Å². The second kappa shape index (κ2) is 3.66. The van der Waals surface area contributed by atoms with Gasteiger partial charge in [0.25, 0.3) is 0 Å². The van der Waals surface area contributed by atoms with Crippen molar-refractivity contribution < 1.29 is 9.90 Å². The van der Waals surface area contributed by atoms with Gasteiger partial charge in [-0.1, -0.05) is 12.1 Å². The van der Waals surface area contributed by atoms with Gasteiger partial charge >= 0.3 is 5.97 Å². The monoisotopic (exact) mass is 241 g/mol. The van der Waals surface area contributed by atoms with E-state index in [0.717, 1.165) is 16.5 Å². The first-order chi connectivity index (χ1) is 8.66. The van der Waals surface area contributed by atoms with Crippen molar-refractivity contribution in [3.05, 3.63) is 42.2 Å². The number of fused-ring (bicyclic) bond motifs is 1. The van der Waals surface area contributed by atoms with Gasteiger partial charge in [-0.05, 0) is 18.2 Å². The Bertz CT molecular complexity index is 740. The largest absolute Gasteiger partial charge is 0.477 e. The molecule has 0 saturated carbocycles. The number of carboxylic acid groups (broad SMARTS) is 1. The van der Waals surface area contributed by atoms with Gasteiger partial charge in [0.05, 0.1) is 11.4 Å². The number of nitrogens with one attached hydrogen (secondary N) is 2. The van der Waals surface area contributed by atoms with Crippen LogP contribution in [0.1, 0.15) is 10.5 Å². The highest BCUT2D eigenvalue weighted by Crippen LogP contribution is 2.31. The Morgan fingerprint density at radius 3 is 2.83 bits per heavy atom. The number of hydrogen-bond donors (Lipinski definition) is 4. The first-order valence-electron chi connectivity index (χ1n) is 5.45. The van der Waals surface area contributed by atoms with Gasteiger partial charge in [-0.3, -0.25) is 0 Å². The lowest BCUT2D eigenvalue weighted by Crippen LogP contribution is -1.95. The number of aromatic nitrogens is 2. The van der Waals surface area contributed by atoms with Gasteiger partial charge in [-0.25, -0.2) is 4.79 Å². The molecule has 18 heavy (non-hydrogen) atoms. The van der Waals surface area contributed by atoms with Crippen molar-refractivity contribution in [3.63, 3.8) is 0 Å². The predicted molar refractivity (Wildman–Crippen MR) is 69.5 cm³/mol. The lowest BCUT2D eigenvalue weighted by atomic mass is 10.1. The number of aromatic carboxylic acids is 1. The van der Waals surface area contributed by atoms with Gasteiger partial charge in [0.2, 0.25) is 0 Å². The van der Waals surface area contributed by atoms with E-state index in [0.29, 0.717) is 11.4 Å². The summed E-state index contributed by atoms with van der Waals surface area (Å²) in [5.74, 6) is -1.02. The third-order valence-electron chi connectivity index (χ3n) is 2.94. The van der Waals surface area contributed by atoms with Crippen molar-refractivity contribution in [2.75, 3.05) is 5.73 Å². The fourth-order valence-electron chi connectivity index (χ4n) is 2.11. The van der Waals surface area contributed by atoms with Crippen molar-refractivity contribution in [1.29, 1.82) is 0 Å². The average molecular weight is 241 g/mol. The molecule has 0 unspecified atom stereocenters. The molecule has 3 rings (SSSR count). The summed E-state index contributed by atoms with van der Waals surface area (Å²) in [6.07, 6.45) is 1.84. The van der Waals surface area contributed by atoms with E-state index in [-0.39, 0.29) is 5.69 Å². The van der Waals surface area contributed by atoms with Crippen LogP contribution in [0.3, 0.4) is 0 Å². The zero-order chi connectivity index (χ0) is 12.7. The van der Waals surface area contributed by atoms with Crippen LogP contribution in [0.2, 0.25) is 0 Å². The molecule has 0 aliphatic heterocycles. The number of benzene rings is 1. The Kier molecular flexibility index (Phi) is 2.13. The summed E-state index contributed by atoms with van der Waals surface area (Å²) >= 11 is 0. The maximum Gasteiger partial charge on any atom is 0.352 e. The molecule has 0 saturated heterocycles. The minimum Gasteiger partial charge on any atom is -0.477 e. The van der Waals surface area contributed by atoms with E-state index >= 15 is 0 Å². The molecule has 90 valence electrons. The van der Waals surface area contributed by atoms with Crippen molar-refractivity contribution in [2.24, 2.45) is 0 Å². The molecule has 0 bridgehead atoms. The lowest BCUT2D eigenvalue weighted by Gasteiger charge is -2.02. The van der Waals surface area contributed by atoms with E-state index in [1.54, 1.807) is 0 Å². The summed E-state index contributed by atoms with van der Waals surface area (Å²) in [4.78, 5) is 16.9. The third-order valence-corrected chi connectivity index (χ3v) is 2.94. The number of aromatic amines is 2. The molecule has 5 nitrogen and oxygen atoms in total. The summed E-state index contributed by atoms with van der Waals surface area (Å²) in [6, 6.07) is 9.13. The van der Waals surface area contributed by atoms with Gasteiger partial charge in [0.1, 0.15) is 5.69 Å². The van der Waals surface area contributed by atoms with Crippen LogP contribution in [0.4, 0.5) is 5.69 Å². The molecule has 0 fully saturated rings. The van der Waals surface area contributed by atoms with Crippen LogP contribution in [-0.4, -0.2) is 21.0 Å². The maximum absolute atomic E-state index is 10.9. The SMILES string of the molecule is Nc1cc(C(=O)O)[nH]c1-c1cccc2[nH]ccc12. The average Bonchev–Trinajstić information content (AvgIpc) is 2.94. The Labute approximate surface area is 102 Å². The fraction of sp³-hybridized carbons (Fsp3) is 0. The van der Waals surface area contributed by atoms with Crippen LogP contribution < -0.4 is 5.73 Å². The summed E-state index contributed by atoms with van der Waals surface area (Å²) in [7, 11) is 0. The van der Waals surface area contributed by atoms with E-state index in [1.165, 1.54) is 6.07 Å². The number of anilines is 1. The van der Waals surface area contributed by atoms with Crippen LogP contribution in [0, 0.1) is 0 Å². The summed E-state index contributed by atoms with van der Waals surface area (Å²) in [6.45, 7) is 0. The van der Waals surface area contributed by atoms with Crippen molar-refractivity contribution in [2.45, 2.75) is 0 Å². The minimum atomic E-state index is -1.02. The zero-order valence-corrected chi connectivity index (χ0v) is 9.40.